The van der Waals surface area contributed by atoms with E-state index in [0.29, 0.717) is 19.3 Å². The molecule has 1 aliphatic carbocycles. The molecule has 1 aliphatic rings. The first-order chi connectivity index (χ1) is 18.8. The standard InChI is InChI=1S/C20H22F16N2O4/c21-11(22)17(29,30)19(33,34)15(25,26)7-41-13(39)37-5-9-2-1-3-10(4-9)6-38-14(40)42-8-16(27,28)20(35,36)18(31,32)12(23)24/h9-12H,1-8H2,(H,37,39)(H,38,40)/t9-,10?/m0/s1. The third kappa shape index (κ3) is 8.28. The second-order valence-electron chi connectivity index (χ2n) is 9.22. The average molecular weight is 658 g/mol. The molecule has 0 radical (unpaired) electrons. The minimum absolute atomic E-state index is 0.0737. The van der Waals surface area contributed by atoms with Crippen LogP contribution in [0.3, 0.4) is 0 Å². The van der Waals surface area contributed by atoms with Gasteiger partial charge in [0.05, 0.1) is 0 Å². The Morgan fingerprint density at radius 3 is 1.21 bits per heavy atom. The summed E-state index contributed by atoms with van der Waals surface area (Å²) < 4.78 is 214. The summed E-state index contributed by atoms with van der Waals surface area (Å²) in [7, 11) is 0. The summed E-state index contributed by atoms with van der Waals surface area (Å²) in [6.45, 7) is -6.21. The third-order valence-corrected chi connectivity index (χ3v) is 6.03. The topological polar surface area (TPSA) is 76.7 Å². The zero-order valence-corrected chi connectivity index (χ0v) is 20.6. The number of alkyl halides is 16. The lowest BCUT2D eigenvalue weighted by Gasteiger charge is -2.32. The van der Waals surface area contributed by atoms with Crippen LogP contribution in [0.5, 0.6) is 0 Å². The lowest BCUT2D eigenvalue weighted by Crippen LogP contribution is -2.59. The zero-order valence-electron chi connectivity index (χ0n) is 20.6. The first-order valence-electron chi connectivity index (χ1n) is 11.5. The molecule has 2 amide bonds. The number of halogens is 16. The van der Waals surface area contributed by atoms with Crippen molar-refractivity contribution in [3.8, 4) is 0 Å². The number of amides is 2. The summed E-state index contributed by atoms with van der Waals surface area (Å²) in [5.41, 5.74) is 0. The van der Waals surface area contributed by atoms with E-state index in [4.69, 9.17) is 0 Å². The Kier molecular flexibility index (Phi) is 11.9. The van der Waals surface area contributed by atoms with E-state index >= 15 is 0 Å². The van der Waals surface area contributed by atoms with Crippen molar-refractivity contribution in [3.63, 3.8) is 0 Å². The molecule has 1 unspecified atom stereocenters. The van der Waals surface area contributed by atoms with Gasteiger partial charge in [-0.2, -0.15) is 52.7 Å². The number of carbonyl (C=O) groups is 2. The number of ether oxygens (including phenoxy) is 2. The summed E-state index contributed by atoms with van der Waals surface area (Å²) in [5, 5.41) is 3.68. The van der Waals surface area contributed by atoms with Crippen LogP contribution in [0.1, 0.15) is 25.7 Å². The van der Waals surface area contributed by atoms with E-state index in [0.717, 1.165) is 0 Å². The minimum atomic E-state index is -6.59. The average Bonchev–Trinajstić information content (AvgIpc) is 2.88. The zero-order chi connectivity index (χ0) is 32.9. The van der Waals surface area contributed by atoms with Gasteiger partial charge in [0.1, 0.15) is 0 Å². The largest absolute Gasteiger partial charge is 0.443 e. The van der Waals surface area contributed by atoms with Crippen molar-refractivity contribution < 1.29 is 89.3 Å². The van der Waals surface area contributed by atoms with Gasteiger partial charge in [0.15, 0.2) is 13.2 Å². The highest BCUT2D eigenvalue weighted by Crippen LogP contribution is 2.49. The van der Waals surface area contributed by atoms with E-state index in [-0.39, 0.29) is 6.42 Å². The molecule has 42 heavy (non-hydrogen) atoms. The van der Waals surface area contributed by atoms with Gasteiger partial charge in [-0.15, -0.1) is 0 Å². The van der Waals surface area contributed by atoms with Crippen molar-refractivity contribution in [2.45, 2.75) is 74.1 Å². The predicted octanol–water partition coefficient (Wildman–Crippen LogP) is 6.59. The first kappa shape index (κ1) is 37.4. The minimum Gasteiger partial charge on any atom is -0.443 e. The van der Waals surface area contributed by atoms with Gasteiger partial charge in [0.2, 0.25) is 0 Å². The maximum atomic E-state index is 13.4. The SMILES string of the molecule is O=C(NCC1CCC[C@H](CNC(=O)OCC(F)(F)C(F)(F)C(F)(F)C(F)F)C1)OCC(F)(F)C(F)(F)C(F)(F)C(F)F. The Morgan fingerprint density at radius 2 is 0.929 bits per heavy atom. The van der Waals surface area contributed by atoms with Crippen molar-refractivity contribution in [1.82, 2.24) is 10.6 Å². The number of carbonyl (C=O) groups excluding carboxylic acids is 2. The van der Waals surface area contributed by atoms with Crippen molar-refractivity contribution in [2.24, 2.45) is 11.8 Å². The third-order valence-electron chi connectivity index (χ3n) is 6.03. The Morgan fingerprint density at radius 1 is 0.619 bits per heavy atom. The molecule has 0 aromatic carbocycles. The van der Waals surface area contributed by atoms with E-state index in [1.807, 2.05) is 10.6 Å². The van der Waals surface area contributed by atoms with Crippen LogP contribution in [0.4, 0.5) is 79.8 Å². The molecule has 0 aromatic heterocycles. The first-order valence-corrected chi connectivity index (χ1v) is 11.5. The molecule has 1 saturated carbocycles. The van der Waals surface area contributed by atoms with Crippen LogP contribution in [-0.2, 0) is 9.47 Å². The predicted molar refractivity (Wildman–Crippen MR) is 106 cm³/mol. The Labute approximate surface area is 225 Å². The van der Waals surface area contributed by atoms with Gasteiger partial charge in [-0.1, -0.05) is 6.42 Å². The summed E-state index contributed by atoms with van der Waals surface area (Å²) in [5.74, 6) is -39.0. The van der Waals surface area contributed by atoms with Gasteiger partial charge in [0, 0.05) is 13.1 Å². The van der Waals surface area contributed by atoms with Crippen LogP contribution in [0, 0.1) is 11.8 Å². The molecular weight excluding hydrogens is 636 g/mol. The fraction of sp³-hybridized carbons (Fsp3) is 0.900. The van der Waals surface area contributed by atoms with Gasteiger partial charge in [-0.05, 0) is 31.1 Å². The van der Waals surface area contributed by atoms with Crippen LogP contribution >= 0.6 is 0 Å². The van der Waals surface area contributed by atoms with Crippen molar-refractivity contribution >= 4 is 12.2 Å². The van der Waals surface area contributed by atoms with Crippen LogP contribution in [0.25, 0.3) is 0 Å². The summed E-state index contributed by atoms with van der Waals surface area (Å²) in [6, 6.07) is 0. The molecule has 0 bridgehead atoms. The molecule has 0 spiro atoms. The number of hydrogen-bond donors (Lipinski definition) is 2. The molecule has 248 valence electrons. The highest BCUT2D eigenvalue weighted by molar-refractivity contribution is 5.67. The van der Waals surface area contributed by atoms with Gasteiger partial charge >= 0.3 is 60.6 Å². The Hall–Kier alpha value is -2.58. The molecule has 0 aliphatic heterocycles. The molecule has 6 nitrogen and oxygen atoms in total. The fourth-order valence-electron chi connectivity index (χ4n) is 3.59. The molecule has 2 atom stereocenters. The fourth-order valence-corrected chi connectivity index (χ4v) is 3.59. The van der Waals surface area contributed by atoms with E-state index in [1.165, 1.54) is 0 Å². The van der Waals surface area contributed by atoms with Crippen molar-refractivity contribution in [1.29, 1.82) is 0 Å². The molecule has 1 fully saturated rings. The number of nitrogens with one attached hydrogen (secondary N) is 2. The lowest BCUT2D eigenvalue weighted by atomic mass is 9.81. The van der Waals surface area contributed by atoms with E-state index < -0.39 is 98.7 Å². The quantitative estimate of drug-likeness (QED) is 0.207. The molecular formula is C20H22F16N2O4. The highest BCUT2D eigenvalue weighted by atomic mass is 19.4. The second-order valence-corrected chi connectivity index (χ2v) is 9.22. The van der Waals surface area contributed by atoms with E-state index in [1.54, 1.807) is 0 Å². The van der Waals surface area contributed by atoms with E-state index in [2.05, 4.69) is 9.47 Å². The molecule has 0 saturated heterocycles. The number of rotatable bonds is 14. The Bertz CT molecular complexity index is 849. The highest BCUT2D eigenvalue weighted by Gasteiger charge is 2.76. The van der Waals surface area contributed by atoms with Gasteiger partial charge < -0.3 is 20.1 Å². The summed E-state index contributed by atoms with van der Waals surface area (Å²) in [4.78, 5) is 23.1. The monoisotopic (exact) mass is 658 g/mol. The number of alkyl carbamates (subject to hydrolysis) is 2. The smallest absolute Gasteiger partial charge is 0.407 e. The molecule has 1 rings (SSSR count). The van der Waals surface area contributed by atoms with Crippen LogP contribution in [0.2, 0.25) is 0 Å². The van der Waals surface area contributed by atoms with E-state index in [9.17, 15) is 79.8 Å². The maximum absolute atomic E-state index is 13.4. The maximum Gasteiger partial charge on any atom is 0.407 e. The second kappa shape index (κ2) is 13.4. The molecule has 22 heteroatoms. The molecule has 0 heterocycles. The molecule has 0 aromatic rings. The van der Waals surface area contributed by atoms with Crippen LogP contribution < -0.4 is 10.6 Å². The summed E-state index contributed by atoms with van der Waals surface area (Å²) >= 11 is 0. The normalized spacial score (nSPS) is 19.6. The Balaban J connectivity index is 2.53. The van der Waals surface area contributed by atoms with Crippen LogP contribution in [-0.4, -0.2) is 86.9 Å². The summed E-state index contributed by atoms with van der Waals surface area (Å²) in [6.07, 6.45) is -12.9. The van der Waals surface area contributed by atoms with Gasteiger partial charge in [0.25, 0.3) is 0 Å². The van der Waals surface area contributed by atoms with Gasteiger partial charge in [-0.25, -0.2) is 27.2 Å². The van der Waals surface area contributed by atoms with Crippen molar-refractivity contribution in [2.75, 3.05) is 26.3 Å². The lowest BCUT2D eigenvalue weighted by molar-refractivity contribution is -0.343. The molecule has 2 N–H and O–H groups in total. The number of hydrogen-bond acceptors (Lipinski definition) is 4. The van der Waals surface area contributed by atoms with Gasteiger partial charge in [-0.3, -0.25) is 0 Å². The van der Waals surface area contributed by atoms with Crippen LogP contribution in [0.15, 0.2) is 0 Å². The van der Waals surface area contributed by atoms with Crippen molar-refractivity contribution in [3.05, 3.63) is 0 Å².